The van der Waals surface area contributed by atoms with Gasteiger partial charge in [0.15, 0.2) is 0 Å². The van der Waals surface area contributed by atoms with Crippen LogP contribution in [0.1, 0.15) is 32.1 Å². The molecular weight excluding hydrogens is 324 g/mol. The zero-order chi connectivity index (χ0) is 16.9. The van der Waals surface area contributed by atoms with Crippen LogP contribution in [0.4, 0.5) is 0 Å². The molecule has 2 aromatic rings. The lowest BCUT2D eigenvalue weighted by molar-refractivity contribution is -0.121. The number of aromatic nitrogens is 2. The molecule has 130 valence electrons. The van der Waals surface area contributed by atoms with Gasteiger partial charge in [0, 0.05) is 24.2 Å². The van der Waals surface area contributed by atoms with Crippen molar-refractivity contribution in [1.29, 1.82) is 0 Å². The second kappa shape index (κ2) is 7.99. The van der Waals surface area contributed by atoms with Crippen molar-refractivity contribution < 1.29 is 4.79 Å². The van der Waals surface area contributed by atoms with E-state index in [2.05, 4.69) is 22.2 Å². The molecule has 1 aliphatic rings. The van der Waals surface area contributed by atoms with E-state index in [0.717, 1.165) is 17.6 Å². The zero-order valence-electron chi connectivity index (χ0n) is 14.2. The Morgan fingerprint density at radius 2 is 2.17 bits per heavy atom. The Morgan fingerprint density at radius 3 is 2.96 bits per heavy atom. The molecule has 1 heterocycles. The largest absolute Gasteiger partial charge is 0.353 e. The minimum Gasteiger partial charge on any atom is -0.353 e. The van der Waals surface area contributed by atoms with E-state index < -0.39 is 0 Å². The number of likely N-dealkylation sites (N-methyl/N-ethyl adjacent to an activating group) is 1. The number of hydrogen-bond acceptors (Lipinski definition) is 3. The molecule has 1 saturated carbocycles. The van der Waals surface area contributed by atoms with Crippen molar-refractivity contribution in [2.75, 3.05) is 20.1 Å². The number of benzene rings is 1. The van der Waals surface area contributed by atoms with Crippen LogP contribution in [0, 0.1) is 0 Å². The molecule has 1 aromatic heterocycles. The molecule has 3 rings (SSSR count). The summed E-state index contributed by atoms with van der Waals surface area (Å²) in [6.45, 7) is 1.84. The number of carbonyl (C=O) groups excluding carboxylic acids is 1. The molecule has 1 aromatic carbocycles. The summed E-state index contributed by atoms with van der Waals surface area (Å²) in [5.74, 6) is 0.00585. The minimum absolute atomic E-state index is 0.00585. The standard InChI is InChI=1S/C18H25ClN4O/c1-22(15-5-3-2-4-6-15)10-9-20-18(24)12-23-13-21-16-8-7-14(19)11-17(16)23/h7-8,11,13,15H,2-6,9-10,12H2,1H3,(H,20,24). The smallest absolute Gasteiger partial charge is 0.240 e. The van der Waals surface area contributed by atoms with Gasteiger partial charge in [-0.15, -0.1) is 0 Å². The van der Waals surface area contributed by atoms with Gasteiger partial charge in [0.2, 0.25) is 5.91 Å². The van der Waals surface area contributed by atoms with Crippen LogP contribution in [0.15, 0.2) is 24.5 Å². The monoisotopic (exact) mass is 348 g/mol. The van der Waals surface area contributed by atoms with Gasteiger partial charge in [-0.05, 0) is 38.1 Å². The molecule has 5 nitrogen and oxygen atoms in total. The van der Waals surface area contributed by atoms with Gasteiger partial charge in [0.25, 0.3) is 0 Å². The summed E-state index contributed by atoms with van der Waals surface area (Å²) in [4.78, 5) is 18.9. The summed E-state index contributed by atoms with van der Waals surface area (Å²) >= 11 is 6.03. The third-order valence-corrected chi connectivity index (χ3v) is 5.12. The summed E-state index contributed by atoms with van der Waals surface area (Å²) in [7, 11) is 2.16. The summed E-state index contributed by atoms with van der Waals surface area (Å²) in [5.41, 5.74) is 1.74. The number of halogens is 1. The fraction of sp³-hybridized carbons (Fsp3) is 0.556. The quantitative estimate of drug-likeness (QED) is 0.872. The molecule has 0 spiro atoms. The topological polar surface area (TPSA) is 50.2 Å². The second-order valence-electron chi connectivity index (χ2n) is 6.63. The van der Waals surface area contributed by atoms with Crippen LogP contribution in [-0.2, 0) is 11.3 Å². The molecule has 0 aliphatic heterocycles. The van der Waals surface area contributed by atoms with Gasteiger partial charge in [-0.3, -0.25) is 4.79 Å². The summed E-state index contributed by atoms with van der Waals surface area (Å²) < 4.78 is 1.83. The van der Waals surface area contributed by atoms with Crippen molar-refractivity contribution in [3.63, 3.8) is 0 Å². The third-order valence-electron chi connectivity index (χ3n) is 4.88. The first-order valence-corrected chi connectivity index (χ1v) is 9.08. The maximum absolute atomic E-state index is 12.2. The van der Waals surface area contributed by atoms with Crippen molar-refractivity contribution in [1.82, 2.24) is 19.8 Å². The lowest BCUT2D eigenvalue weighted by Crippen LogP contribution is -2.40. The Hall–Kier alpha value is -1.59. The normalized spacial score (nSPS) is 16.0. The highest BCUT2D eigenvalue weighted by Gasteiger charge is 2.17. The highest BCUT2D eigenvalue weighted by Crippen LogP contribution is 2.21. The van der Waals surface area contributed by atoms with E-state index in [1.165, 1.54) is 32.1 Å². The molecule has 0 bridgehead atoms. The van der Waals surface area contributed by atoms with Gasteiger partial charge >= 0.3 is 0 Å². The van der Waals surface area contributed by atoms with E-state index in [1.54, 1.807) is 6.33 Å². The maximum Gasteiger partial charge on any atom is 0.240 e. The predicted octanol–water partition coefficient (Wildman–Crippen LogP) is 3.07. The Balaban J connectivity index is 1.47. The number of nitrogens with zero attached hydrogens (tertiary/aromatic N) is 3. The molecule has 1 fully saturated rings. The first-order valence-electron chi connectivity index (χ1n) is 8.71. The number of rotatable bonds is 6. The number of imidazole rings is 1. The maximum atomic E-state index is 12.2. The molecule has 6 heteroatoms. The van der Waals surface area contributed by atoms with Gasteiger partial charge in [-0.2, -0.15) is 0 Å². The van der Waals surface area contributed by atoms with Crippen molar-refractivity contribution >= 4 is 28.5 Å². The predicted molar refractivity (Wildman–Crippen MR) is 97.3 cm³/mol. The molecule has 0 radical (unpaired) electrons. The zero-order valence-corrected chi connectivity index (χ0v) is 14.9. The van der Waals surface area contributed by atoms with Crippen LogP contribution in [0.25, 0.3) is 11.0 Å². The van der Waals surface area contributed by atoms with Crippen LogP contribution in [-0.4, -0.2) is 46.5 Å². The highest BCUT2D eigenvalue weighted by molar-refractivity contribution is 6.31. The van der Waals surface area contributed by atoms with E-state index in [1.807, 2.05) is 22.8 Å². The fourth-order valence-electron chi connectivity index (χ4n) is 3.44. The summed E-state index contributed by atoms with van der Waals surface area (Å²) in [5, 5.41) is 3.66. The van der Waals surface area contributed by atoms with E-state index >= 15 is 0 Å². The van der Waals surface area contributed by atoms with Gasteiger partial charge in [0.1, 0.15) is 6.54 Å². The first-order chi connectivity index (χ1) is 11.6. The van der Waals surface area contributed by atoms with Gasteiger partial charge in [-0.1, -0.05) is 30.9 Å². The average Bonchev–Trinajstić information content (AvgIpc) is 2.97. The fourth-order valence-corrected chi connectivity index (χ4v) is 3.61. The van der Waals surface area contributed by atoms with Crippen LogP contribution < -0.4 is 5.32 Å². The SMILES string of the molecule is CN(CCNC(=O)Cn1cnc2ccc(Cl)cc21)C1CCCCC1. The minimum atomic E-state index is 0.00585. The Morgan fingerprint density at radius 1 is 1.38 bits per heavy atom. The van der Waals surface area contributed by atoms with Gasteiger partial charge in [0.05, 0.1) is 17.4 Å². The van der Waals surface area contributed by atoms with Crippen molar-refractivity contribution in [3.8, 4) is 0 Å². The molecular formula is C18H25ClN4O. The van der Waals surface area contributed by atoms with Gasteiger partial charge < -0.3 is 14.8 Å². The van der Waals surface area contributed by atoms with Crippen molar-refractivity contribution in [2.24, 2.45) is 0 Å². The van der Waals surface area contributed by atoms with E-state index in [-0.39, 0.29) is 12.5 Å². The number of nitrogens with one attached hydrogen (secondary N) is 1. The van der Waals surface area contributed by atoms with Crippen LogP contribution in [0.2, 0.25) is 5.02 Å². The molecule has 0 saturated heterocycles. The van der Waals surface area contributed by atoms with Crippen LogP contribution in [0.3, 0.4) is 0 Å². The van der Waals surface area contributed by atoms with E-state index in [9.17, 15) is 4.79 Å². The second-order valence-corrected chi connectivity index (χ2v) is 7.06. The van der Waals surface area contributed by atoms with E-state index in [0.29, 0.717) is 17.6 Å². The first kappa shape index (κ1) is 17.2. The number of fused-ring (bicyclic) bond motifs is 1. The van der Waals surface area contributed by atoms with E-state index in [4.69, 9.17) is 11.6 Å². The number of hydrogen-bond donors (Lipinski definition) is 1. The van der Waals surface area contributed by atoms with Crippen LogP contribution in [0.5, 0.6) is 0 Å². The lowest BCUT2D eigenvalue weighted by Gasteiger charge is -2.31. The van der Waals surface area contributed by atoms with Crippen molar-refractivity contribution in [2.45, 2.75) is 44.7 Å². The average molecular weight is 349 g/mol. The summed E-state index contributed by atoms with van der Waals surface area (Å²) in [6, 6.07) is 6.19. The molecule has 0 atom stereocenters. The third kappa shape index (κ3) is 4.28. The Bertz CT molecular complexity index is 693. The Labute approximate surface area is 148 Å². The number of amides is 1. The Kier molecular flexibility index (Phi) is 5.74. The van der Waals surface area contributed by atoms with Gasteiger partial charge in [-0.25, -0.2) is 4.98 Å². The summed E-state index contributed by atoms with van der Waals surface area (Å²) in [6.07, 6.45) is 8.28. The highest BCUT2D eigenvalue weighted by atomic mass is 35.5. The molecule has 1 amide bonds. The van der Waals surface area contributed by atoms with Crippen molar-refractivity contribution in [3.05, 3.63) is 29.5 Å². The van der Waals surface area contributed by atoms with Crippen LogP contribution >= 0.6 is 11.6 Å². The molecule has 1 aliphatic carbocycles. The molecule has 1 N–H and O–H groups in total. The molecule has 0 unspecified atom stereocenters. The lowest BCUT2D eigenvalue weighted by atomic mass is 9.94. The molecule has 24 heavy (non-hydrogen) atoms. The number of carbonyl (C=O) groups is 1.